The van der Waals surface area contributed by atoms with Crippen LogP contribution < -0.4 is 10.0 Å². The van der Waals surface area contributed by atoms with Gasteiger partial charge in [-0.1, -0.05) is 0 Å². The van der Waals surface area contributed by atoms with Crippen LogP contribution in [0.3, 0.4) is 0 Å². The molecule has 13 nitrogen and oxygen atoms in total. The largest absolute Gasteiger partial charge is 0.863 e. The van der Waals surface area contributed by atoms with Crippen LogP contribution in [0.4, 0.5) is 17.1 Å². The van der Waals surface area contributed by atoms with Gasteiger partial charge in [0.2, 0.25) is 0 Å². The second-order valence-electron chi connectivity index (χ2n) is 4.49. The molecule has 134 valence electrons. The molecule has 0 amide bonds. The predicted octanol–water partition coefficient (Wildman–Crippen LogP) is -2.03. The maximum Gasteiger partial charge on any atom is 0.283 e. The lowest BCUT2D eigenvalue weighted by atomic mass is 10.2. The highest BCUT2D eigenvalue weighted by atomic mass is 16.6. The fourth-order valence-corrected chi connectivity index (χ4v) is 1.47. The average molecular weight is 348 g/mol. The van der Waals surface area contributed by atoms with Crippen LogP contribution in [0.25, 0.3) is 0 Å². The Morgan fingerprint density at radius 2 is 1.29 bits per heavy atom. The molecule has 0 aromatic heterocycles. The lowest BCUT2D eigenvalue weighted by Gasteiger charge is -2.08. The number of aliphatic hydroxyl groups is 2. The van der Waals surface area contributed by atoms with Crippen molar-refractivity contribution in [3.8, 4) is 5.75 Å². The van der Waals surface area contributed by atoms with Gasteiger partial charge in [-0.05, 0) is 0 Å². The zero-order chi connectivity index (χ0) is 18.9. The first-order valence-corrected chi connectivity index (χ1v) is 6.46. The topological polar surface area (TPSA) is 197 Å². The molecule has 0 unspecified atom stereocenters. The number of likely N-dealkylation sites (N-methyl/N-ethyl adjacent to an activating group) is 1. The molecule has 1 rings (SSSR count). The van der Waals surface area contributed by atoms with E-state index >= 15 is 0 Å². The second kappa shape index (κ2) is 9.98. The van der Waals surface area contributed by atoms with Crippen molar-refractivity contribution in [2.45, 2.75) is 0 Å². The summed E-state index contributed by atoms with van der Waals surface area (Å²) in [7, 11) is 1.94. The maximum absolute atomic E-state index is 11.1. The summed E-state index contributed by atoms with van der Waals surface area (Å²) < 4.78 is 0. The van der Waals surface area contributed by atoms with Crippen LogP contribution in [-0.4, -0.2) is 58.3 Å². The highest BCUT2D eigenvalue weighted by Crippen LogP contribution is 2.36. The van der Waals surface area contributed by atoms with Gasteiger partial charge in [-0.15, -0.1) is 0 Å². The molecule has 13 heteroatoms. The quantitative estimate of drug-likeness (QED) is 0.367. The molecular formula is C11H16N4O9. The Bertz CT molecular complexity index is 566. The number of hydrogen-bond acceptors (Lipinski definition) is 9. The van der Waals surface area contributed by atoms with Crippen molar-refractivity contribution >= 4 is 17.1 Å². The minimum Gasteiger partial charge on any atom is -0.863 e. The lowest BCUT2D eigenvalue weighted by Crippen LogP contribution is -3.10. The Kier molecular flexibility index (Phi) is 8.78. The van der Waals surface area contributed by atoms with E-state index in [9.17, 15) is 35.4 Å². The summed E-state index contributed by atoms with van der Waals surface area (Å²) in [6.45, 7) is 1.85. The summed E-state index contributed by atoms with van der Waals surface area (Å²) in [5.74, 6) is -1.46. The predicted molar refractivity (Wildman–Crippen MR) is 76.6 cm³/mol. The standard InChI is InChI=1S/C6H3N3O7.C5H13NO2/c10-6-4(8(13)14)1-3(7(11)12)2-5(6)9(15)16;1-6(2-4-7)3-5-8/h1-2,10H;7-8H,2-5H2,1H3. The molecule has 0 bridgehead atoms. The number of hydrogen-bond donors (Lipinski definition) is 3. The third-order valence-electron chi connectivity index (χ3n) is 2.72. The molecule has 0 aliphatic carbocycles. The number of nitrogens with one attached hydrogen (secondary N) is 1. The molecular weight excluding hydrogens is 332 g/mol. The Morgan fingerprint density at radius 3 is 1.54 bits per heavy atom. The van der Waals surface area contributed by atoms with Crippen LogP contribution in [-0.2, 0) is 0 Å². The van der Waals surface area contributed by atoms with E-state index in [4.69, 9.17) is 10.2 Å². The zero-order valence-corrected chi connectivity index (χ0v) is 12.6. The van der Waals surface area contributed by atoms with Gasteiger partial charge in [0, 0.05) is 0 Å². The van der Waals surface area contributed by atoms with Crippen LogP contribution in [0, 0.1) is 30.3 Å². The fraction of sp³-hybridized carbons (Fsp3) is 0.455. The molecule has 0 saturated heterocycles. The number of aliphatic hydroxyl groups excluding tert-OH is 2. The molecule has 0 aliphatic heterocycles. The molecule has 0 radical (unpaired) electrons. The van der Waals surface area contributed by atoms with Gasteiger partial charge >= 0.3 is 0 Å². The van der Waals surface area contributed by atoms with Gasteiger partial charge in [0.05, 0.1) is 52.9 Å². The van der Waals surface area contributed by atoms with Crippen molar-refractivity contribution in [3.05, 3.63) is 42.5 Å². The molecule has 1 aromatic rings. The monoisotopic (exact) mass is 348 g/mol. The van der Waals surface area contributed by atoms with Gasteiger partial charge < -0.3 is 20.2 Å². The maximum atomic E-state index is 11.1. The van der Waals surface area contributed by atoms with Crippen molar-refractivity contribution in [2.24, 2.45) is 0 Å². The first-order chi connectivity index (χ1) is 11.1. The van der Waals surface area contributed by atoms with Crippen molar-refractivity contribution in [2.75, 3.05) is 33.4 Å². The van der Waals surface area contributed by atoms with E-state index in [2.05, 4.69) is 0 Å². The van der Waals surface area contributed by atoms with E-state index in [1.165, 1.54) is 0 Å². The third-order valence-corrected chi connectivity index (χ3v) is 2.72. The lowest BCUT2D eigenvalue weighted by molar-refractivity contribution is -0.880. The third kappa shape index (κ3) is 6.47. The van der Waals surface area contributed by atoms with Gasteiger partial charge in [-0.25, -0.2) is 0 Å². The number of nitro groups is 3. The Labute approximate surface area is 134 Å². The summed E-state index contributed by atoms with van der Waals surface area (Å²) in [4.78, 5) is 28.7. The number of non-ortho nitro benzene ring substituents is 1. The molecule has 0 fully saturated rings. The van der Waals surface area contributed by atoms with Gasteiger partial charge in [-0.2, -0.15) is 0 Å². The second-order valence-corrected chi connectivity index (χ2v) is 4.49. The Balaban J connectivity index is 0.000000561. The van der Waals surface area contributed by atoms with Crippen molar-refractivity contribution in [3.63, 3.8) is 0 Å². The van der Waals surface area contributed by atoms with Gasteiger partial charge in [0.15, 0.2) is 0 Å². The van der Waals surface area contributed by atoms with Gasteiger partial charge in [0.25, 0.3) is 17.1 Å². The van der Waals surface area contributed by atoms with E-state index in [0.717, 1.165) is 18.0 Å². The zero-order valence-electron chi connectivity index (χ0n) is 12.6. The highest BCUT2D eigenvalue weighted by molar-refractivity contribution is 5.63. The van der Waals surface area contributed by atoms with Crippen molar-refractivity contribution in [1.29, 1.82) is 0 Å². The molecule has 3 N–H and O–H groups in total. The smallest absolute Gasteiger partial charge is 0.283 e. The van der Waals surface area contributed by atoms with Gasteiger partial charge in [0.1, 0.15) is 13.1 Å². The number of benzene rings is 1. The first-order valence-electron chi connectivity index (χ1n) is 6.46. The summed E-state index contributed by atoms with van der Waals surface area (Å²) in [5, 5.41) is 58.8. The van der Waals surface area contributed by atoms with Crippen LogP contribution in [0.1, 0.15) is 0 Å². The Hall–Kier alpha value is -2.90. The SMILES string of the molecule is C[NH+](CCO)CCO.O=[N+]([O-])c1cc([N+](=O)[O-])c([O-])c([N+](=O)[O-])c1. The average Bonchev–Trinajstić information content (AvgIpc) is 2.47. The Morgan fingerprint density at radius 1 is 0.917 bits per heavy atom. The normalized spacial score (nSPS) is 10.0. The van der Waals surface area contributed by atoms with Crippen LogP contribution in [0.2, 0.25) is 0 Å². The minimum atomic E-state index is -1.46. The van der Waals surface area contributed by atoms with Crippen molar-refractivity contribution < 1.29 is 35.0 Å². The molecule has 0 aliphatic rings. The first kappa shape index (κ1) is 21.1. The number of nitrogens with zero attached hydrogens (tertiary/aromatic N) is 3. The van der Waals surface area contributed by atoms with E-state index in [1.807, 2.05) is 7.05 Å². The highest BCUT2D eigenvalue weighted by Gasteiger charge is 2.24. The molecule has 0 spiro atoms. The number of nitro benzene ring substituents is 3. The number of rotatable bonds is 7. The van der Waals surface area contributed by atoms with E-state index in [-0.39, 0.29) is 13.2 Å². The summed E-state index contributed by atoms with van der Waals surface area (Å²) >= 11 is 0. The van der Waals surface area contributed by atoms with Crippen LogP contribution in [0.15, 0.2) is 12.1 Å². The minimum absolute atomic E-state index is 0.200. The molecule has 0 saturated carbocycles. The molecule has 1 aromatic carbocycles. The summed E-state index contributed by atoms with van der Waals surface area (Å²) in [6.07, 6.45) is 0. The molecule has 0 heterocycles. The van der Waals surface area contributed by atoms with E-state index in [1.54, 1.807) is 0 Å². The molecule has 0 atom stereocenters. The van der Waals surface area contributed by atoms with E-state index < -0.39 is 37.6 Å². The van der Waals surface area contributed by atoms with Crippen LogP contribution in [0.5, 0.6) is 5.75 Å². The van der Waals surface area contributed by atoms with E-state index in [0.29, 0.717) is 12.1 Å². The van der Waals surface area contributed by atoms with Crippen LogP contribution >= 0.6 is 0 Å². The van der Waals surface area contributed by atoms with Gasteiger partial charge in [-0.3, -0.25) is 30.3 Å². The number of quaternary nitrogens is 1. The van der Waals surface area contributed by atoms with Crippen molar-refractivity contribution in [1.82, 2.24) is 0 Å². The summed E-state index contributed by atoms with van der Waals surface area (Å²) in [6, 6.07) is 0.769. The molecule has 24 heavy (non-hydrogen) atoms. The fourth-order valence-electron chi connectivity index (χ4n) is 1.47. The summed E-state index contributed by atoms with van der Waals surface area (Å²) in [5.41, 5.74) is -3.26.